The highest BCUT2D eigenvalue weighted by molar-refractivity contribution is 6.31. The van der Waals surface area contributed by atoms with Crippen molar-refractivity contribution >= 4 is 11.6 Å². The van der Waals surface area contributed by atoms with Crippen LogP contribution < -0.4 is 5.32 Å². The molecule has 18 heavy (non-hydrogen) atoms. The molecule has 0 bridgehead atoms. The van der Waals surface area contributed by atoms with Gasteiger partial charge in [0.15, 0.2) is 0 Å². The van der Waals surface area contributed by atoms with E-state index in [1.54, 1.807) is 0 Å². The van der Waals surface area contributed by atoms with Crippen molar-refractivity contribution in [3.63, 3.8) is 0 Å². The number of aryl methyl sites for hydroxylation is 1. The molecule has 0 unspecified atom stereocenters. The first kappa shape index (κ1) is 15.5. The van der Waals surface area contributed by atoms with Gasteiger partial charge in [-0.05, 0) is 43.5 Å². The molecule has 0 aliphatic carbocycles. The lowest BCUT2D eigenvalue weighted by Gasteiger charge is -2.08. The van der Waals surface area contributed by atoms with Crippen molar-refractivity contribution in [1.82, 2.24) is 5.32 Å². The molecule has 0 aromatic heterocycles. The predicted octanol–water partition coefficient (Wildman–Crippen LogP) is 3.94. The Morgan fingerprint density at radius 2 is 2.00 bits per heavy atom. The number of benzene rings is 1. The molecule has 0 atom stereocenters. The van der Waals surface area contributed by atoms with E-state index in [4.69, 9.17) is 16.3 Å². The number of nitrogens with one attached hydrogen (secondary N) is 1. The van der Waals surface area contributed by atoms with Gasteiger partial charge in [0.05, 0.1) is 0 Å². The Balaban J connectivity index is 2.07. The van der Waals surface area contributed by atoms with Gasteiger partial charge in [0.25, 0.3) is 0 Å². The number of unbranched alkanes of at least 4 members (excludes halogenated alkanes) is 1. The van der Waals surface area contributed by atoms with Crippen LogP contribution in [-0.4, -0.2) is 19.8 Å². The van der Waals surface area contributed by atoms with Crippen LogP contribution in [0.2, 0.25) is 5.02 Å². The molecule has 0 aliphatic rings. The molecule has 1 N–H and O–H groups in total. The zero-order valence-corrected chi connectivity index (χ0v) is 12.2. The smallest absolute Gasteiger partial charge is 0.0478 e. The minimum Gasteiger partial charge on any atom is -0.381 e. The number of halogens is 1. The molecule has 3 heteroatoms. The van der Waals surface area contributed by atoms with Crippen molar-refractivity contribution < 1.29 is 4.74 Å². The van der Waals surface area contributed by atoms with Gasteiger partial charge in [-0.3, -0.25) is 0 Å². The summed E-state index contributed by atoms with van der Waals surface area (Å²) in [6.45, 7) is 7.76. The van der Waals surface area contributed by atoms with Crippen LogP contribution >= 0.6 is 11.6 Å². The van der Waals surface area contributed by atoms with E-state index in [1.165, 1.54) is 12.0 Å². The average Bonchev–Trinajstić information content (AvgIpc) is 2.35. The van der Waals surface area contributed by atoms with Crippen LogP contribution in [0.25, 0.3) is 0 Å². The normalized spacial score (nSPS) is 10.8. The van der Waals surface area contributed by atoms with Gasteiger partial charge >= 0.3 is 0 Å². The van der Waals surface area contributed by atoms with Gasteiger partial charge in [0.2, 0.25) is 0 Å². The third-order valence-corrected chi connectivity index (χ3v) is 3.16. The highest BCUT2D eigenvalue weighted by Gasteiger charge is 1.99. The summed E-state index contributed by atoms with van der Waals surface area (Å²) in [5.74, 6) is 0. The first-order chi connectivity index (χ1) is 8.74. The fourth-order valence-electron chi connectivity index (χ4n) is 1.67. The zero-order chi connectivity index (χ0) is 13.2. The molecule has 0 fully saturated rings. The SMILES string of the molecule is CCCCOCCCNCc1ccc(C)cc1Cl. The van der Waals surface area contributed by atoms with Crippen LogP contribution in [0.3, 0.4) is 0 Å². The standard InChI is InChI=1S/C15H24ClNO/c1-3-4-9-18-10-5-8-17-12-14-7-6-13(2)11-15(14)16/h6-7,11,17H,3-5,8-10,12H2,1-2H3. The Hall–Kier alpha value is -0.570. The minimum atomic E-state index is 0.827. The highest BCUT2D eigenvalue weighted by Crippen LogP contribution is 2.17. The second kappa shape index (κ2) is 9.37. The second-order valence-corrected chi connectivity index (χ2v) is 5.00. The van der Waals surface area contributed by atoms with E-state index in [2.05, 4.69) is 31.3 Å². The van der Waals surface area contributed by atoms with Crippen molar-refractivity contribution in [2.24, 2.45) is 0 Å². The highest BCUT2D eigenvalue weighted by atomic mass is 35.5. The van der Waals surface area contributed by atoms with E-state index in [9.17, 15) is 0 Å². The summed E-state index contributed by atoms with van der Waals surface area (Å²) < 4.78 is 5.50. The van der Waals surface area contributed by atoms with Gasteiger partial charge in [-0.2, -0.15) is 0 Å². The largest absolute Gasteiger partial charge is 0.381 e. The summed E-state index contributed by atoms with van der Waals surface area (Å²) in [6, 6.07) is 6.19. The van der Waals surface area contributed by atoms with Crippen LogP contribution in [0.4, 0.5) is 0 Å². The monoisotopic (exact) mass is 269 g/mol. The van der Waals surface area contributed by atoms with Crippen LogP contribution in [0.15, 0.2) is 18.2 Å². The Bertz CT molecular complexity index is 341. The number of rotatable bonds is 9. The molecule has 1 rings (SSSR count). The topological polar surface area (TPSA) is 21.3 Å². The van der Waals surface area contributed by atoms with Crippen molar-refractivity contribution in [2.75, 3.05) is 19.8 Å². The lowest BCUT2D eigenvalue weighted by Crippen LogP contribution is -2.16. The summed E-state index contributed by atoms with van der Waals surface area (Å²) in [6.07, 6.45) is 3.41. The van der Waals surface area contributed by atoms with Crippen LogP contribution in [-0.2, 0) is 11.3 Å². The Kier molecular flexibility index (Phi) is 8.06. The molecule has 0 saturated heterocycles. The summed E-state index contributed by atoms with van der Waals surface area (Å²) in [5, 5.41) is 4.24. The summed E-state index contributed by atoms with van der Waals surface area (Å²) in [5.41, 5.74) is 2.36. The number of hydrogen-bond acceptors (Lipinski definition) is 2. The first-order valence-corrected chi connectivity index (χ1v) is 7.15. The van der Waals surface area contributed by atoms with Crippen molar-refractivity contribution in [2.45, 2.75) is 39.7 Å². The summed E-state index contributed by atoms with van der Waals surface area (Å²) >= 11 is 6.16. The molecule has 2 nitrogen and oxygen atoms in total. The summed E-state index contributed by atoms with van der Waals surface area (Å²) in [7, 11) is 0. The van der Waals surface area contributed by atoms with E-state index in [1.807, 2.05) is 6.07 Å². The van der Waals surface area contributed by atoms with E-state index in [0.29, 0.717) is 0 Å². The molecular weight excluding hydrogens is 246 g/mol. The van der Waals surface area contributed by atoms with E-state index >= 15 is 0 Å². The van der Waals surface area contributed by atoms with Gasteiger partial charge in [0, 0.05) is 24.8 Å². The maximum Gasteiger partial charge on any atom is 0.0478 e. The van der Waals surface area contributed by atoms with Crippen molar-refractivity contribution in [3.05, 3.63) is 34.3 Å². The minimum absolute atomic E-state index is 0.827. The second-order valence-electron chi connectivity index (χ2n) is 4.59. The van der Waals surface area contributed by atoms with Crippen LogP contribution in [0.1, 0.15) is 37.3 Å². The summed E-state index contributed by atoms with van der Waals surface area (Å²) in [4.78, 5) is 0. The lowest BCUT2D eigenvalue weighted by molar-refractivity contribution is 0.129. The maximum absolute atomic E-state index is 6.16. The maximum atomic E-state index is 6.16. The van der Waals surface area contributed by atoms with E-state index in [-0.39, 0.29) is 0 Å². The van der Waals surface area contributed by atoms with Crippen LogP contribution in [0, 0.1) is 6.92 Å². The Morgan fingerprint density at radius 3 is 2.72 bits per heavy atom. The molecule has 0 saturated carbocycles. The molecule has 1 aromatic rings. The van der Waals surface area contributed by atoms with Crippen molar-refractivity contribution in [3.8, 4) is 0 Å². The van der Waals surface area contributed by atoms with Crippen LogP contribution in [0.5, 0.6) is 0 Å². The zero-order valence-electron chi connectivity index (χ0n) is 11.5. The molecule has 0 amide bonds. The van der Waals surface area contributed by atoms with Gasteiger partial charge in [0.1, 0.15) is 0 Å². The van der Waals surface area contributed by atoms with Gasteiger partial charge in [-0.25, -0.2) is 0 Å². The van der Waals surface area contributed by atoms with Gasteiger partial charge < -0.3 is 10.1 Å². The fraction of sp³-hybridized carbons (Fsp3) is 0.600. The first-order valence-electron chi connectivity index (χ1n) is 6.77. The fourth-order valence-corrected chi connectivity index (χ4v) is 1.97. The molecule has 0 heterocycles. The van der Waals surface area contributed by atoms with E-state index in [0.717, 1.165) is 49.7 Å². The Morgan fingerprint density at radius 1 is 1.22 bits per heavy atom. The third kappa shape index (κ3) is 6.39. The molecule has 0 radical (unpaired) electrons. The third-order valence-electron chi connectivity index (χ3n) is 2.81. The average molecular weight is 270 g/mol. The Labute approximate surface area is 116 Å². The molecule has 102 valence electrons. The lowest BCUT2D eigenvalue weighted by atomic mass is 10.1. The molecule has 0 aliphatic heterocycles. The van der Waals surface area contributed by atoms with Gasteiger partial charge in [-0.1, -0.05) is 37.1 Å². The molecular formula is C15H24ClNO. The number of ether oxygens (including phenoxy) is 1. The molecule has 1 aromatic carbocycles. The van der Waals surface area contributed by atoms with E-state index < -0.39 is 0 Å². The van der Waals surface area contributed by atoms with Crippen molar-refractivity contribution in [1.29, 1.82) is 0 Å². The molecule has 0 spiro atoms. The van der Waals surface area contributed by atoms with Gasteiger partial charge in [-0.15, -0.1) is 0 Å². The predicted molar refractivity (Wildman–Crippen MR) is 78.2 cm³/mol. The number of hydrogen-bond donors (Lipinski definition) is 1. The quantitative estimate of drug-likeness (QED) is 0.686.